The van der Waals surface area contributed by atoms with Crippen LogP contribution in [0, 0.1) is 0 Å². The van der Waals surface area contributed by atoms with E-state index >= 15 is 0 Å². The number of halogens is 4. The molecular weight excluding hydrogens is 366 g/mol. The SMILES string of the molecule is ClC[c-]1[cH-][cH-][cH-][c-]1CCl.ClCc1ccc[c-]1CCl.[Fe]. The zero-order chi connectivity index (χ0) is 13.4. The Labute approximate surface area is 145 Å². The third-order valence-corrected chi connectivity index (χ3v) is 3.74. The fourth-order valence-electron chi connectivity index (χ4n) is 1.51. The summed E-state index contributed by atoms with van der Waals surface area (Å²) in [6, 6.07) is 11.9. The summed E-state index contributed by atoms with van der Waals surface area (Å²) in [5.41, 5.74) is 4.58. The number of alkyl halides is 4. The minimum Gasteiger partial charge on any atom is -0.747 e. The van der Waals surface area contributed by atoms with E-state index in [9.17, 15) is 0 Å². The van der Waals surface area contributed by atoms with E-state index in [1.807, 2.05) is 36.4 Å². The van der Waals surface area contributed by atoms with Crippen LogP contribution >= 0.6 is 46.4 Å². The standard InChI is InChI=1S/2C7H7Cl2.Fe/c2*8-4-6-2-1-3-7(6)5-9;/h2*1-3H,4-5H2;/q-5;-1;. The molecule has 2 aromatic carbocycles. The van der Waals surface area contributed by atoms with Crippen LogP contribution in [-0.4, -0.2) is 0 Å². The van der Waals surface area contributed by atoms with Crippen molar-refractivity contribution in [3.63, 3.8) is 0 Å². The smallest absolute Gasteiger partial charge is 0.0247 e. The van der Waals surface area contributed by atoms with E-state index in [0.29, 0.717) is 23.5 Å². The molecule has 0 aliphatic heterocycles. The molecule has 0 fully saturated rings. The quantitative estimate of drug-likeness (QED) is 0.359. The summed E-state index contributed by atoms with van der Waals surface area (Å²) in [6.07, 6.45) is 0. The van der Waals surface area contributed by atoms with Gasteiger partial charge in [-0.25, -0.2) is 12.1 Å². The molecule has 0 aromatic heterocycles. The minimum absolute atomic E-state index is 0. The second-order valence-corrected chi connectivity index (χ2v) is 4.76. The maximum Gasteiger partial charge on any atom is 0.0247 e. The van der Waals surface area contributed by atoms with Gasteiger partial charge in [-0.05, 0) is 0 Å². The van der Waals surface area contributed by atoms with Crippen molar-refractivity contribution in [2.24, 2.45) is 0 Å². The molecule has 0 N–H and O–H groups in total. The van der Waals surface area contributed by atoms with E-state index in [-0.39, 0.29) is 17.1 Å². The molecule has 0 spiro atoms. The Morgan fingerprint density at radius 3 is 1.89 bits per heavy atom. The van der Waals surface area contributed by atoms with Crippen molar-refractivity contribution in [2.75, 3.05) is 0 Å². The molecule has 0 bridgehead atoms. The molecule has 2 aromatic rings. The van der Waals surface area contributed by atoms with E-state index < -0.39 is 0 Å². The minimum atomic E-state index is 0. The van der Waals surface area contributed by atoms with Gasteiger partial charge < -0.3 is 29.3 Å². The molecule has 19 heavy (non-hydrogen) atoms. The van der Waals surface area contributed by atoms with Crippen LogP contribution in [0.1, 0.15) is 22.3 Å². The molecule has 0 nitrogen and oxygen atoms in total. The van der Waals surface area contributed by atoms with Gasteiger partial charge in [0.1, 0.15) is 0 Å². The zero-order valence-corrected chi connectivity index (χ0v) is 14.3. The van der Waals surface area contributed by atoms with Crippen LogP contribution in [0.5, 0.6) is 0 Å². The van der Waals surface area contributed by atoms with Gasteiger partial charge in [-0.3, -0.25) is 0 Å². The van der Waals surface area contributed by atoms with Gasteiger partial charge in [0, 0.05) is 28.8 Å². The van der Waals surface area contributed by atoms with Gasteiger partial charge in [-0.1, -0.05) is 0 Å². The van der Waals surface area contributed by atoms with E-state index in [2.05, 4.69) is 0 Å². The van der Waals surface area contributed by atoms with Crippen LogP contribution < -0.4 is 0 Å². The first-order valence-corrected chi connectivity index (χ1v) is 7.61. The van der Waals surface area contributed by atoms with Gasteiger partial charge in [0.05, 0.1) is 0 Å². The summed E-state index contributed by atoms with van der Waals surface area (Å²) < 4.78 is 0. The van der Waals surface area contributed by atoms with Crippen LogP contribution in [0.15, 0.2) is 36.4 Å². The third-order valence-electron chi connectivity index (χ3n) is 2.59. The first kappa shape index (κ1) is 19.4. The summed E-state index contributed by atoms with van der Waals surface area (Å²) in [4.78, 5) is 0. The summed E-state index contributed by atoms with van der Waals surface area (Å²) in [7, 11) is 0. The fourth-order valence-corrected chi connectivity index (χ4v) is 2.55. The summed E-state index contributed by atoms with van der Waals surface area (Å²) in [6.45, 7) is 0. The predicted octanol–water partition coefficient (Wildman–Crippen LogP) is 5.76. The first-order valence-electron chi connectivity index (χ1n) is 5.47. The Kier molecular flexibility index (Phi) is 11.3. The monoisotopic (exact) mass is 378 g/mol. The van der Waals surface area contributed by atoms with Crippen molar-refractivity contribution in [1.82, 2.24) is 0 Å². The van der Waals surface area contributed by atoms with E-state index in [1.165, 1.54) is 0 Å². The van der Waals surface area contributed by atoms with Gasteiger partial charge in [-0.2, -0.15) is 29.3 Å². The van der Waals surface area contributed by atoms with Crippen molar-refractivity contribution >= 4 is 46.4 Å². The summed E-state index contributed by atoms with van der Waals surface area (Å²) in [5.74, 6) is 2.26. The Hall–Kier alpha value is 0.379. The normalized spacial score (nSPS) is 9.47. The Morgan fingerprint density at radius 1 is 0.947 bits per heavy atom. The van der Waals surface area contributed by atoms with Crippen molar-refractivity contribution < 1.29 is 17.1 Å². The van der Waals surface area contributed by atoms with Crippen molar-refractivity contribution in [2.45, 2.75) is 23.5 Å². The van der Waals surface area contributed by atoms with Crippen LogP contribution in [0.4, 0.5) is 0 Å². The van der Waals surface area contributed by atoms with E-state index in [0.717, 1.165) is 22.3 Å². The molecule has 0 saturated heterocycles. The molecule has 0 aliphatic carbocycles. The van der Waals surface area contributed by atoms with Crippen molar-refractivity contribution in [1.29, 1.82) is 0 Å². The largest absolute Gasteiger partial charge is 0.747 e. The van der Waals surface area contributed by atoms with Crippen LogP contribution in [0.25, 0.3) is 0 Å². The van der Waals surface area contributed by atoms with Crippen LogP contribution in [0.2, 0.25) is 0 Å². The Morgan fingerprint density at radius 2 is 1.53 bits per heavy atom. The van der Waals surface area contributed by atoms with Gasteiger partial charge in [0.2, 0.25) is 0 Å². The molecule has 0 aliphatic rings. The van der Waals surface area contributed by atoms with Gasteiger partial charge in [0.15, 0.2) is 0 Å². The molecule has 0 unspecified atom stereocenters. The summed E-state index contributed by atoms with van der Waals surface area (Å²) >= 11 is 22.4. The molecule has 2 rings (SSSR count). The van der Waals surface area contributed by atoms with E-state index in [4.69, 9.17) is 46.4 Å². The van der Waals surface area contributed by atoms with Crippen molar-refractivity contribution in [3.05, 3.63) is 58.7 Å². The molecule has 0 amide bonds. The molecular formula is C14H14Cl4Fe-6. The number of hydrogen-bond donors (Lipinski definition) is 0. The maximum absolute atomic E-state index is 5.59. The fraction of sp³-hybridized carbons (Fsp3) is 0.286. The molecule has 5 heteroatoms. The molecule has 0 atom stereocenters. The second-order valence-electron chi connectivity index (χ2n) is 3.69. The molecule has 112 valence electrons. The first-order chi connectivity index (χ1) is 8.76. The molecule has 0 saturated carbocycles. The van der Waals surface area contributed by atoms with E-state index in [1.54, 1.807) is 0 Å². The predicted molar refractivity (Wildman–Crippen MR) is 82.3 cm³/mol. The van der Waals surface area contributed by atoms with Gasteiger partial charge in [-0.15, -0.1) is 46.1 Å². The average Bonchev–Trinajstić information content (AvgIpc) is 3.06. The Balaban J connectivity index is 0.000000324. The molecule has 0 radical (unpaired) electrons. The average molecular weight is 380 g/mol. The van der Waals surface area contributed by atoms with Crippen LogP contribution in [0.3, 0.4) is 0 Å². The summed E-state index contributed by atoms with van der Waals surface area (Å²) in [5, 5.41) is 0. The second kappa shape index (κ2) is 11.1. The van der Waals surface area contributed by atoms with Gasteiger partial charge in [0.25, 0.3) is 0 Å². The van der Waals surface area contributed by atoms with Gasteiger partial charge >= 0.3 is 0 Å². The van der Waals surface area contributed by atoms with Crippen molar-refractivity contribution in [3.8, 4) is 0 Å². The topological polar surface area (TPSA) is 0 Å². The number of hydrogen-bond acceptors (Lipinski definition) is 0. The third kappa shape index (κ3) is 6.12. The zero-order valence-electron chi connectivity index (χ0n) is 10.2. The molecule has 0 heterocycles. The van der Waals surface area contributed by atoms with Crippen LogP contribution in [-0.2, 0) is 40.6 Å². The maximum atomic E-state index is 5.59. The number of rotatable bonds is 4. The Bertz CT molecular complexity index is 368.